The summed E-state index contributed by atoms with van der Waals surface area (Å²) in [7, 11) is 0. The van der Waals surface area contributed by atoms with Gasteiger partial charge in [-0.05, 0) is 0 Å². The maximum absolute atomic E-state index is 11.1. The minimum absolute atomic E-state index is 0.111. The van der Waals surface area contributed by atoms with Crippen LogP contribution < -0.4 is 0 Å². The molecule has 0 saturated carbocycles. The average Bonchev–Trinajstić information content (AvgIpc) is 2.65. The predicted molar refractivity (Wildman–Crippen MR) is 63.6 cm³/mol. The van der Waals surface area contributed by atoms with Gasteiger partial charge in [0, 0.05) is 20.8 Å². The molecule has 1 fully saturated rings. The molecule has 4 atom stereocenters. The second kappa shape index (κ2) is 7.58. The van der Waals surface area contributed by atoms with Gasteiger partial charge in [0.05, 0.1) is 0 Å². The Bertz CT molecular complexity index is 419. The van der Waals surface area contributed by atoms with Crippen molar-refractivity contribution in [2.24, 2.45) is 0 Å². The van der Waals surface area contributed by atoms with Gasteiger partial charge in [-0.1, -0.05) is 0 Å². The smallest absolute Gasteiger partial charge is 0.303 e. The molecular weight excluding hydrogens is 288 g/mol. The van der Waals surface area contributed by atoms with Gasteiger partial charge in [-0.15, -0.1) is 0 Å². The lowest BCUT2D eigenvalue weighted by molar-refractivity contribution is -0.189. The average molecular weight is 304 g/mol. The van der Waals surface area contributed by atoms with E-state index in [1.54, 1.807) is 0 Å². The monoisotopic (exact) mass is 304 g/mol. The van der Waals surface area contributed by atoms with Crippen molar-refractivity contribution >= 4 is 24.4 Å². The first-order chi connectivity index (χ1) is 9.85. The lowest BCUT2D eigenvalue weighted by atomic mass is 10.1. The van der Waals surface area contributed by atoms with E-state index >= 15 is 0 Å². The molecule has 21 heavy (non-hydrogen) atoms. The Morgan fingerprint density at radius 3 is 2.05 bits per heavy atom. The zero-order valence-corrected chi connectivity index (χ0v) is 11.8. The predicted octanol–water partition coefficient (Wildman–Crippen LogP) is -0.689. The summed E-state index contributed by atoms with van der Waals surface area (Å²) < 4.78 is 24.7. The van der Waals surface area contributed by atoms with Crippen molar-refractivity contribution in [2.45, 2.75) is 45.4 Å². The van der Waals surface area contributed by atoms with Crippen molar-refractivity contribution in [1.29, 1.82) is 0 Å². The van der Waals surface area contributed by atoms with Gasteiger partial charge in [-0.2, -0.15) is 0 Å². The van der Waals surface area contributed by atoms with Crippen LogP contribution in [0.15, 0.2) is 0 Å². The van der Waals surface area contributed by atoms with Crippen molar-refractivity contribution in [3.8, 4) is 0 Å². The van der Waals surface area contributed by atoms with E-state index in [2.05, 4.69) is 4.74 Å². The number of rotatable bonds is 6. The van der Waals surface area contributed by atoms with E-state index in [1.165, 1.54) is 6.92 Å². The fourth-order valence-corrected chi connectivity index (χ4v) is 1.84. The molecule has 0 N–H and O–H groups in total. The summed E-state index contributed by atoms with van der Waals surface area (Å²) >= 11 is 0. The minimum Gasteiger partial charge on any atom is -0.463 e. The minimum atomic E-state index is -1.25. The molecule has 1 aliphatic heterocycles. The number of carbonyl (C=O) groups is 4. The first kappa shape index (κ1) is 16.9. The Balaban J connectivity index is 2.89. The van der Waals surface area contributed by atoms with E-state index < -0.39 is 42.5 Å². The van der Waals surface area contributed by atoms with Crippen LogP contribution in [0.2, 0.25) is 0 Å². The van der Waals surface area contributed by atoms with Gasteiger partial charge in [0.25, 0.3) is 6.47 Å². The molecule has 1 saturated heterocycles. The molecule has 1 rings (SSSR count). The van der Waals surface area contributed by atoms with Crippen LogP contribution in [0.4, 0.5) is 0 Å². The Morgan fingerprint density at radius 1 is 1.00 bits per heavy atom. The molecular formula is C12H16O9. The molecule has 0 spiro atoms. The highest BCUT2D eigenvalue weighted by Gasteiger charge is 2.51. The SMILES string of the molecule is CC(=O)OC[C@@H]1O[C@H](OC=O)[C@@H](OC(C)=O)[C@H]1OC(C)=O. The largest absolute Gasteiger partial charge is 0.463 e. The lowest BCUT2D eigenvalue weighted by Gasteiger charge is -2.22. The highest BCUT2D eigenvalue weighted by molar-refractivity contribution is 5.68. The summed E-state index contributed by atoms with van der Waals surface area (Å²) in [5.41, 5.74) is 0. The topological polar surface area (TPSA) is 114 Å². The summed E-state index contributed by atoms with van der Waals surface area (Å²) in [6, 6.07) is 0. The fourth-order valence-electron chi connectivity index (χ4n) is 1.84. The molecule has 0 aromatic carbocycles. The van der Waals surface area contributed by atoms with Crippen LogP contribution in [0, 0.1) is 0 Å². The number of hydrogen-bond acceptors (Lipinski definition) is 9. The normalized spacial score (nSPS) is 27.6. The molecule has 1 aliphatic rings. The van der Waals surface area contributed by atoms with Gasteiger partial charge in [0.15, 0.2) is 6.10 Å². The number of hydrogen-bond donors (Lipinski definition) is 0. The van der Waals surface area contributed by atoms with E-state index in [0.717, 1.165) is 13.8 Å². The van der Waals surface area contributed by atoms with Crippen LogP contribution in [0.3, 0.4) is 0 Å². The standard InChI is InChI=1S/C12H16O9/c1-6(14)17-4-9-10(19-7(2)15)11(20-8(3)16)12(21-9)18-5-13/h5,9-12H,4H2,1-3H3/t9-,10-,11-,12-/m0/s1. The summed E-state index contributed by atoms with van der Waals surface area (Å²) in [5.74, 6) is -1.89. The quantitative estimate of drug-likeness (QED) is 0.357. The first-order valence-electron chi connectivity index (χ1n) is 6.07. The second-order valence-electron chi connectivity index (χ2n) is 4.23. The van der Waals surface area contributed by atoms with E-state index in [-0.39, 0.29) is 13.1 Å². The van der Waals surface area contributed by atoms with Crippen LogP contribution >= 0.6 is 0 Å². The summed E-state index contributed by atoms with van der Waals surface area (Å²) in [6.45, 7) is 3.35. The number of carbonyl (C=O) groups excluding carboxylic acids is 4. The van der Waals surface area contributed by atoms with Crippen LogP contribution in [-0.2, 0) is 42.9 Å². The second-order valence-corrected chi connectivity index (χ2v) is 4.23. The molecule has 1 heterocycles. The maximum atomic E-state index is 11.1. The Morgan fingerprint density at radius 2 is 1.57 bits per heavy atom. The van der Waals surface area contributed by atoms with E-state index in [0.29, 0.717) is 0 Å². The molecule has 0 bridgehead atoms. The van der Waals surface area contributed by atoms with Gasteiger partial charge in [0.2, 0.25) is 12.4 Å². The van der Waals surface area contributed by atoms with Gasteiger partial charge in [0.1, 0.15) is 12.7 Å². The molecule has 118 valence electrons. The van der Waals surface area contributed by atoms with Gasteiger partial charge in [-0.3, -0.25) is 19.2 Å². The van der Waals surface area contributed by atoms with E-state index in [9.17, 15) is 19.2 Å². The van der Waals surface area contributed by atoms with Crippen molar-refractivity contribution in [3.63, 3.8) is 0 Å². The fraction of sp³-hybridized carbons (Fsp3) is 0.667. The molecule has 0 aliphatic carbocycles. The number of esters is 3. The van der Waals surface area contributed by atoms with Crippen LogP contribution in [-0.4, -0.2) is 55.6 Å². The van der Waals surface area contributed by atoms with Crippen LogP contribution in [0.1, 0.15) is 20.8 Å². The summed E-state index contributed by atoms with van der Waals surface area (Å²) in [4.78, 5) is 43.5. The third-order valence-electron chi connectivity index (χ3n) is 2.51. The third-order valence-corrected chi connectivity index (χ3v) is 2.51. The Hall–Kier alpha value is -2.16. The van der Waals surface area contributed by atoms with Gasteiger partial charge in [-0.25, -0.2) is 0 Å². The van der Waals surface area contributed by atoms with Crippen molar-refractivity contribution in [2.75, 3.05) is 6.61 Å². The molecule has 9 nitrogen and oxygen atoms in total. The summed E-state index contributed by atoms with van der Waals surface area (Å²) in [6.07, 6.45) is -4.38. The van der Waals surface area contributed by atoms with E-state index in [1.807, 2.05) is 0 Å². The molecule has 0 aromatic rings. The number of ether oxygens (including phenoxy) is 5. The van der Waals surface area contributed by atoms with Crippen LogP contribution in [0.25, 0.3) is 0 Å². The van der Waals surface area contributed by atoms with Crippen molar-refractivity contribution in [3.05, 3.63) is 0 Å². The zero-order chi connectivity index (χ0) is 16.0. The van der Waals surface area contributed by atoms with Gasteiger partial charge < -0.3 is 23.7 Å². The zero-order valence-electron chi connectivity index (χ0n) is 11.8. The van der Waals surface area contributed by atoms with Crippen LogP contribution in [0.5, 0.6) is 0 Å². The Labute approximate surface area is 120 Å². The lowest BCUT2D eigenvalue weighted by Crippen LogP contribution is -2.41. The summed E-state index contributed by atoms with van der Waals surface area (Å²) in [5, 5.41) is 0. The molecule has 0 aromatic heterocycles. The molecule has 0 amide bonds. The molecule has 0 radical (unpaired) electrons. The maximum Gasteiger partial charge on any atom is 0.303 e. The third kappa shape index (κ3) is 5.03. The molecule has 9 heteroatoms. The van der Waals surface area contributed by atoms with Crippen molar-refractivity contribution in [1.82, 2.24) is 0 Å². The van der Waals surface area contributed by atoms with E-state index in [4.69, 9.17) is 18.9 Å². The molecule has 0 unspecified atom stereocenters. The highest BCUT2D eigenvalue weighted by atomic mass is 16.7. The van der Waals surface area contributed by atoms with Gasteiger partial charge >= 0.3 is 17.9 Å². The Kier molecular flexibility index (Phi) is 6.10. The first-order valence-corrected chi connectivity index (χ1v) is 6.07. The highest BCUT2D eigenvalue weighted by Crippen LogP contribution is 2.28. The van der Waals surface area contributed by atoms with Crippen molar-refractivity contribution < 1.29 is 42.9 Å².